The summed E-state index contributed by atoms with van der Waals surface area (Å²) in [7, 11) is 0. The van der Waals surface area contributed by atoms with Gasteiger partial charge in [-0.1, -0.05) is 79.6 Å². The Morgan fingerprint density at radius 1 is 1.00 bits per heavy atom. The number of carbonyl (C=O) groups is 2. The van der Waals surface area contributed by atoms with Crippen LogP contribution in [0.1, 0.15) is 68.5 Å². The third kappa shape index (κ3) is 7.36. The van der Waals surface area contributed by atoms with Crippen LogP contribution >= 0.6 is 0 Å². The van der Waals surface area contributed by atoms with Crippen LogP contribution in [-0.2, 0) is 15.9 Å². The zero-order valence-corrected chi connectivity index (χ0v) is 25.7. The molecule has 0 radical (unpaired) electrons. The van der Waals surface area contributed by atoms with Gasteiger partial charge in [-0.15, -0.1) is 6.58 Å². The Morgan fingerprint density at radius 2 is 1.70 bits per heavy atom. The molecule has 1 aromatic heterocycles. The summed E-state index contributed by atoms with van der Waals surface area (Å²) in [5, 5.41) is 0. The second-order valence-corrected chi connectivity index (χ2v) is 12.5. The van der Waals surface area contributed by atoms with Crippen LogP contribution in [0.2, 0.25) is 0 Å². The van der Waals surface area contributed by atoms with Gasteiger partial charge in [0.25, 0.3) is 5.91 Å². The van der Waals surface area contributed by atoms with Crippen LogP contribution in [0.25, 0.3) is 11.3 Å². The Morgan fingerprint density at radius 3 is 2.40 bits per heavy atom. The van der Waals surface area contributed by atoms with E-state index < -0.39 is 5.60 Å². The summed E-state index contributed by atoms with van der Waals surface area (Å²) >= 11 is 0. The minimum atomic E-state index is -0.594. The normalized spacial score (nSPS) is 21.0. The Bertz CT molecular complexity index is 1380. The molecule has 2 amide bonds. The van der Waals surface area contributed by atoms with Crippen LogP contribution in [0, 0.1) is 0 Å². The Balaban J connectivity index is 1.49. The van der Waals surface area contributed by atoms with Gasteiger partial charge in [0.05, 0.1) is 36.8 Å². The molecule has 0 N–H and O–H groups in total. The van der Waals surface area contributed by atoms with Gasteiger partial charge < -0.3 is 23.8 Å². The first-order valence-corrected chi connectivity index (χ1v) is 15.4. The number of imidazole rings is 1. The van der Waals surface area contributed by atoms with Crippen molar-refractivity contribution in [1.82, 2.24) is 19.4 Å². The minimum absolute atomic E-state index is 0.0227. The molecule has 1 aliphatic carbocycles. The summed E-state index contributed by atoms with van der Waals surface area (Å²) in [6.45, 7) is 11.1. The maximum Gasteiger partial charge on any atom is 0.410 e. The van der Waals surface area contributed by atoms with Crippen molar-refractivity contribution in [3.8, 4) is 11.3 Å². The van der Waals surface area contributed by atoms with Gasteiger partial charge in [-0.25, -0.2) is 9.78 Å². The van der Waals surface area contributed by atoms with Gasteiger partial charge >= 0.3 is 6.09 Å². The second-order valence-electron chi connectivity index (χ2n) is 12.5. The van der Waals surface area contributed by atoms with Crippen molar-refractivity contribution < 1.29 is 19.1 Å². The number of hydrogen-bond acceptors (Lipinski definition) is 5. The molecule has 8 heteroatoms. The van der Waals surface area contributed by atoms with Crippen molar-refractivity contribution in [2.45, 2.75) is 76.7 Å². The quantitative estimate of drug-likeness (QED) is 0.281. The average molecular weight is 585 g/mol. The van der Waals surface area contributed by atoms with E-state index in [4.69, 9.17) is 14.5 Å². The molecule has 3 atom stereocenters. The highest BCUT2D eigenvalue weighted by molar-refractivity contribution is 5.98. The lowest BCUT2D eigenvalue weighted by Gasteiger charge is -2.41. The molecular weight excluding hydrogens is 540 g/mol. The first-order chi connectivity index (χ1) is 20.7. The van der Waals surface area contributed by atoms with E-state index in [1.165, 1.54) is 0 Å². The van der Waals surface area contributed by atoms with Gasteiger partial charge in [-0.3, -0.25) is 4.79 Å². The number of piperazine rings is 1. The van der Waals surface area contributed by atoms with E-state index in [2.05, 4.69) is 23.3 Å². The fraction of sp³-hybridized carbons (Fsp3) is 0.457. The number of aromatic nitrogens is 2. The largest absolute Gasteiger partial charge is 0.444 e. The van der Waals surface area contributed by atoms with E-state index in [9.17, 15) is 9.59 Å². The van der Waals surface area contributed by atoms with Crippen molar-refractivity contribution in [3.05, 3.63) is 90.9 Å². The molecule has 228 valence electrons. The van der Waals surface area contributed by atoms with Crippen LogP contribution in [-0.4, -0.2) is 75.3 Å². The van der Waals surface area contributed by atoms with E-state index in [0.717, 1.165) is 42.5 Å². The van der Waals surface area contributed by atoms with E-state index in [1.54, 1.807) is 11.0 Å². The lowest BCUT2D eigenvalue weighted by atomic mass is 9.91. The van der Waals surface area contributed by atoms with Crippen molar-refractivity contribution in [2.24, 2.45) is 0 Å². The highest BCUT2D eigenvalue weighted by atomic mass is 16.6. The summed E-state index contributed by atoms with van der Waals surface area (Å²) in [5.74, 6) is -0.123. The molecule has 1 saturated heterocycles. The number of hydrogen-bond donors (Lipinski definition) is 0. The van der Waals surface area contributed by atoms with Gasteiger partial charge in [0, 0.05) is 25.2 Å². The minimum Gasteiger partial charge on any atom is -0.444 e. The topological polar surface area (TPSA) is 76.9 Å². The molecule has 3 aromatic rings. The van der Waals surface area contributed by atoms with Gasteiger partial charge in [0.1, 0.15) is 5.60 Å². The Hall–Kier alpha value is -3.91. The molecule has 2 aromatic carbocycles. The lowest BCUT2D eigenvalue weighted by Crippen LogP contribution is -2.58. The lowest BCUT2D eigenvalue weighted by molar-refractivity contribution is 0.00425. The molecule has 1 saturated carbocycles. The molecule has 8 nitrogen and oxygen atoms in total. The maximum absolute atomic E-state index is 14.5. The Kier molecular flexibility index (Phi) is 9.65. The zero-order chi connectivity index (χ0) is 30.4. The molecule has 2 heterocycles. The first-order valence-electron chi connectivity index (χ1n) is 15.4. The third-order valence-electron chi connectivity index (χ3n) is 8.21. The van der Waals surface area contributed by atoms with E-state index >= 15 is 0 Å². The third-order valence-corrected chi connectivity index (χ3v) is 8.21. The summed E-state index contributed by atoms with van der Waals surface area (Å²) in [5.41, 5.74) is 2.71. The molecule has 0 spiro atoms. The monoisotopic (exact) mass is 584 g/mol. The van der Waals surface area contributed by atoms with Gasteiger partial charge in [0.2, 0.25) is 0 Å². The molecule has 2 fully saturated rings. The zero-order valence-electron chi connectivity index (χ0n) is 25.7. The predicted molar refractivity (Wildman–Crippen MR) is 168 cm³/mol. The average Bonchev–Trinajstić information content (AvgIpc) is 3.45. The van der Waals surface area contributed by atoms with Crippen molar-refractivity contribution >= 4 is 12.0 Å². The van der Waals surface area contributed by atoms with E-state index in [0.29, 0.717) is 38.4 Å². The molecule has 43 heavy (non-hydrogen) atoms. The van der Waals surface area contributed by atoms with Crippen LogP contribution in [0.3, 0.4) is 0 Å². The standard InChI is InChI=1S/C35H44N4O4/c1-5-22-42-30-19-13-12-18-29(30)39-25-36-31(32(39)27-16-10-7-11-17-27)33(40)38-21-20-37(34(41)43-35(2,3)4)24-28(38)23-26-14-8-6-9-15-26/h5-11,14-17,25,28-30H,1,12-13,18-24H2,2-4H3/t28-,29+,30+/m1/s1. The van der Waals surface area contributed by atoms with E-state index in [-0.39, 0.29) is 30.2 Å². The van der Waals surface area contributed by atoms with Crippen LogP contribution < -0.4 is 0 Å². The summed E-state index contributed by atoms with van der Waals surface area (Å²) in [4.78, 5) is 36.0. The van der Waals surface area contributed by atoms with Gasteiger partial charge in [-0.05, 0) is 45.6 Å². The summed E-state index contributed by atoms with van der Waals surface area (Å²) < 4.78 is 14.1. The fourth-order valence-corrected chi connectivity index (χ4v) is 6.24. The molecule has 0 unspecified atom stereocenters. The summed E-state index contributed by atoms with van der Waals surface area (Å²) in [6.07, 6.45) is 8.02. The van der Waals surface area contributed by atoms with Crippen LogP contribution in [0.15, 0.2) is 79.6 Å². The maximum atomic E-state index is 14.5. The van der Waals surface area contributed by atoms with Crippen molar-refractivity contribution in [2.75, 3.05) is 26.2 Å². The van der Waals surface area contributed by atoms with Gasteiger partial charge in [0.15, 0.2) is 5.69 Å². The Labute approximate surface area is 255 Å². The summed E-state index contributed by atoms with van der Waals surface area (Å²) in [6, 6.07) is 20.0. The predicted octanol–water partition coefficient (Wildman–Crippen LogP) is 6.54. The first kappa shape index (κ1) is 30.5. The highest BCUT2D eigenvalue weighted by Crippen LogP contribution is 2.36. The number of benzene rings is 2. The molecule has 0 bridgehead atoms. The SMILES string of the molecule is C=CCO[C@H]1CCCC[C@@H]1n1cnc(C(=O)N2CCN(C(=O)OC(C)(C)C)C[C@H]2Cc2ccccc2)c1-c1ccccc1. The van der Waals surface area contributed by atoms with Gasteiger partial charge in [-0.2, -0.15) is 0 Å². The number of amides is 2. The number of carbonyl (C=O) groups excluding carboxylic acids is 2. The fourth-order valence-electron chi connectivity index (χ4n) is 6.24. The van der Waals surface area contributed by atoms with Crippen LogP contribution in [0.4, 0.5) is 4.79 Å². The van der Waals surface area contributed by atoms with Crippen molar-refractivity contribution in [3.63, 3.8) is 0 Å². The number of nitrogens with zero attached hydrogens (tertiary/aromatic N) is 4. The molecular formula is C35H44N4O4. The number of rotatable bonds is 8. The smallest absolute Gasteiger partial charge is 0.410 e. The molecule has 5 rings (SSSR count). The highest BCUT2D eigenvalue weighted by Gasteiger charge is 2.38. The van der Waals surface area contributed by atoms with Crippen LogP contribution in [0.5, 0.6) is 0 Å². The number of ether oxygens (including phenoxy) is 2. The second kappa shape index (κ2) is 13.6. The molecule has 2 aliphatic rings. The van der Waals surface area contributed by atoms with Crippen molar-refractivity contribution in [1.29, 1.82) is 0 Å². The molecule has 1 aliphatic heterocycles. The van der Waals surface area contributed by atoms with E-state index in [1.807, 2.05) is 80.5 Å².